The molecule has 0 spiro atoms. The third-order valence-electron chi connectivity index (χ3n) is 2.09. The van der Waals surface area contributed by atoms with Crippen molar-refractivity contribution < 1.29 is 17.9 Å². The number of hydrogen-bond acceptors (Lipinski definition) is 4. The van der Waals surface area contributed by atoms with Crippen LogP contribution in [-0.2, 0) is 14.6 Å². The lowest BCUT2D eigenvalue weighted by atomic mass is 10.4. The molecule has 18 heavy (non-hydrogen) atoms. The van der Waals surface area contributed by atoms with E-state index in [0.29, 0.717) is 0 Å². The van der Waals surface area contributed by atoms with Crippen LogP contribution in [0.3, 0.4) is 0 Å². The molecule has 1 amide bonds. The first-order chi connectivity index (χ1) is 8.42. The highest BCUT2D eigenvalue weighted by Crippen LogP contribution is 2.09. The molecule has 5 nitrogen and oxygen atoms in total. The topological polar surface area (TPSA) is 72.5 Å². The van der Waals surface area contributed by atoms with Crippen LogP contribution in [0, 0.1) is 0 Å². The van der Waals surface area contributed by atoms with Crippen molar-refractivity contribution in [2.45, 2.75) is 24.8 Å². The molecule has 1 N–H and O–H groups in total. The summed E-state index contributed by atoms with van der Waals surface area (Å²) in [5.74, 6) is -0.220. The fourth-order valence-electron chi connectivity index (χ4n) is 1.27. The van der Waals surface area contributed by atoms with E-state index in [1.165, 1.54) is 12.1 Å². The molecule has 0 fully saturated rings. The van der Waals surface area contributed by atoms with E-state index >= 15 is 0 Å². The Morgan fingerprint density at radius 1 is 1.28 bits per heavy atom. The molecule has 0 bridgehead atoms. The number of alkyl carbamates (subject to hydrolysis) is 1. The molecule has 0 aliphatic carbocycles. The summed E-state index contributed by atoms with van der Waals surface area (Å²) in [5, 5.41) is 2.51. The zero-order chi connectivity index (χ0) is 13.6. The molecule has 0 atom stereocenters. The Hall–Kier alpha value is -1.56. The van der Waals surface area contributed by atoms with E-state index in [9.17, 15) is 13.2 Å². The van der Waals surface area contributed by atoms with Gasteiger partial charge in [0.2, 0.25) is 0 Å². The molecule has 0 aliphatic rings. The Morgan fingerprint density at radius 3 is 2.44 bits per heavy atom. The van der Waals surface area contributed by atoms with Crippen LogP contribution >= 0.6 is 0 Å². The molecule has 6 heteroatoms. The summed E-state index contributed by atoms with van der Waals surface area (Å²) in [6.07, 6.45) is -0.603. The van der Waals surface area contributed by atoms with Crippen LogP contribution in [-0.4, -0.2) is 32.9 Å². The van der Waals surface area contributed by atoms with Gasteiger partial charge in [-0.2, -0.15) is 0 Å². The lowest BCUT2D eigenvalue weighted by Gasteiger charge is -2.09. The van der Waals surface area contributed by atoms with Crippen molar-refractivity contribution in [3.05, 3.63) is 30.3 Å². The Balaban J connectivity index is 2.47. The number of ether oxygens (including phenoxy) is 1. The molecule has 0 saturated heterocycles. The molecule has 0 saturated carbocycles. The fourth-order valence-corrected chi connectivity index (χ4v) is 2.38. The Morgan fingerprint density at radius 2 is 1.89 bits per heavy atom. The van der Waals surface area contributed by atoms with E-state index in [4.69, 9.17) is 4.74 Å². The minimum Gasteiger partial charge on any atom is -0.448 e. The first kappa shape index (κ1) is 14.5. The van der Waals surface area contributed by atoms with Crippen LogP contribution in [0.4, 0.5) is 4.79 Å². The van der Waals surface area contributed by atoms with Gasteiger partial charge in [0.05, 0.1) is 10.6 Å². The predicted octanol–water partition coefficient (Wildman–Crippen LogP) is 1.59. The summed E-state index contributed by atoms with van der Waals surface area (Å²) >= 11 is 0. The Kier molecular flexibility index (Phi) is 5.15. The second-order valence-electron chi connectivity index (χ2n) is 4.07. The van der Waals surface area contributed by atoms with E-state index in [2.05, 4.69) is 5.32 Å². The third kappa shape index (κ3) is 4.75. The first-order valence-corrected chi connectivity index (χ1v) is 7.28. The smallest absolute Gasteiger partial charge is 0.407 e. The minimum absolute atomic E-state index is 0.0387. The van der Waals surface area contributed by atoms with Crippen molar-refractivity contribution in [2.24, 2.45) is 0 Å². The second-order valence-corrected chi connectivity index (χ2v) is 6.18. The van der Waals surface area contributed by atoms with Gasteiger partial charge in [0.1, 0.15) is 6.61 Å². The first-order valence-electron chi connectivity index (χ1n) is 5.63. The number of sulfone groups is 1. The molecule has 0 aliphatic heterocycles. The zero-order valence-corrected chi connectivity index (χ0v) is 11.2. The number of carbonyl (C=O) groups is 1. The van der Waals surface area contributed by atoms with Gasteiger partial charge < -0.3 is 10.1 Å². The fraction of sp³-hybridized carbons (Fsp3) is 0.417. The van der Waals surface area contributed by atoms with Gasteiger partial charge in [0.15, 0.2) is 9.84 Å². The number of rotatable bonds is 5. The van der Waals surface area contributed by atoms with Crippen LogP contribution < -0.4 is 5.32 Å². The van der Waals surface area contributed by atoms with Gasteiger partial charge in [-0.3, -0.25) is 0 Å². The van der Waals surface area contributed by atoms with Gasteiger partial charge in [-0.1, -0.05) is 18.2 Å². The third-order valence-corrected chi connectivity index (χ3v) is 3.79. The predicted molar refractivity (Wildman–Crippen MR) is 68.1 cm³/mol. The monoisotopic (exact) mass is 271 g/mol. The van der Waals surface area contributed by atoms with Crippen molar-refractivity contribution in [3.63, 3.8) is 0 Å². The number of hydrogen-bond donors (Lipinski definition) is 1. The number of carbonyl (C=O) groups excluding carboxylic acids is 1. The maximum absolute atomic E-state index is 11.8. The molecule has 100 valence electrons. The van der Waals surface area contributed by atoms with Crippen LogP contribution in [0.1, 0.15) is 13.8 Å². The largest absolute Gasteiger partial charge is 0.448 e. The summed E-state index contributed by atoms with van der Waals surface area (Å²) in [4.78, 5) is 11.4. The van der Waals surface area contributed by atoms with Crippen molar-refractivity contribution >= 4 is 15.9 Å². The van der Waals surface area contributed by atoms with Gasteiger partial charge in [-0.05, 0) is 26.0 Å². The van der Waals surface area contributed by atoms with Gasteiger partial charge in [-0.15, -0.1) is 0 Å². The lowest BCUT2D eigenvalue weighted by Crippen LogP contribution is -2.31. The molecule has 1 aromatic rings. The average molecular weight is 271 g/mol. The molecular formula is C12H17NO4S. The molecule has 0 heterocycles. The Labute approximate surface area is 107 Å². The lowest BCUT2D eigenvalue weighted by molar-refractivity contribution is 0.150. The Bertz CT molecular complexity index is 482. The van der Waals surface area contributed by atoms with Crippen molar-refractivity contribution in [1.29, 1.82) is 0 Å². The molecule has 1 aromatic carbocycles. The highest BCUT2D eigenvalue weighted by atomic mass is 32.2. The van der Waals surface area contributed by atoms with Crippen LogP contribution in [0.5, 0.6) is 0 Å². The highest BCUT2D eigenvalue weighted by molar-refractivity contribution is 7.91. The van der Waals surface area contributed by atoms with Crippen LogP contribution in [0.2, 0.25) is 0 Å². The number of nitrogens with one attached hydrogen (secondary N) is 1. The summed E-state index contributed by atoms with van der Waals surface area (Å²) in [5.41, 5.74) is 0. The van der Waals surface area contributed by atoms with Crippen molar-refractivity contribution in [2.75, 3.05) is 12.4 Å². The van der Waals surface area contributed by atoms with Crippen LogP contribution in [0.15, 0.2) is 35.2 Å². The normalized spacial score (nSPS) is 11.3. The quantitative estimate of drug-likeness (QED) is 0.882. The standard InChI is InChI=1S/C12H17NO4S/c1-10(2)13-12(14)17-8-9-18(15,16)11-6-4-3-5-7-11/h3-7,10H,8-9H2,1-2H3,(H,13,14). The van der Waals surface area contributed by atoms with Crippen LogP contribution in [0.25, 0.3) is 0 Å². The number of amides is 1. The summed E-state index contributed by atoms with van der Waals surface area (Å²) in [6.45, 7) is 3.43. The summed E-state index contributed by atoms with van der Waals surface area (Å²) in [6, 6.07) is 8.04. The number of benzene rings is 1. The average Bonchev–Trinajstić information content (AvgIpc) is 2.29. The van der Waals surface area contributed by atoms with E-state index in [0.717, 1.165) is 0 Å². The summed E-state index contributed by atoms with van der Waals surface area (Å²) in [7, 11) is -3.39. The molecule has 1 rings (SSSR count). The minimum atomic E-state index is -3.39. The highest BCUT2D eigenvalue weighted by Gasteiger charge is 2.14. The second kappa shape index (κ2) is 6.39. The zero-order valence-electron chi connectivity index (χ0n) is 10.4. The maximum Gasteiger partial charge on any atom is 0.407 e. The van der Waals surface area contributed by atoms with E-state index in [1.54, 1.807) is 32.0 Å². The van der Waals surface area contributed by atoms with Crippen molar-refractivity contribution in [3.8, 4) is 0 Å². The summed E-state index contributed by atoms with van der Waals surface area (Å²) < 4.78 is 28.4. The molecule has 0 radical (unpaired) electrons. The molecular weight excluding hydrogens is 254 g/mol. The van der Waals surface area contributed by atoms with Gasteiger partial charge in [0.25, 0.3) is 0 Å². The molecule has 0 unspecified atom stereocenters. The SMILES string of the molecule is CC(C)NC(=O)OCCS(=O)(=O)c1ccccc1. The molecule has 0 aromatic heterocycles. The van der Waals surface area contributed by atoms with Gasteiger partial charge >= 0.3 is 6.09 Å². The van der Waals surface area contributed by atoms with Gasteiger partial charge in [0, 0.05) is 6.04 Å². The van der Waals surface area contributed by atoms with E-state index in [-0.39, 0.29) is 23.3 Å². The van der Waals surface area contributed by atoms with Crippen molar-refractivity contribution in [1.82, 2.24) is 5.32 Å². The van der Waals surface area contributed by atoms with E-state index < -0.39 is 15.9 Å². The van der Waals surface area contributed by atoms with E-state index in [1.807, 2.05) is 0 Å². The maximum atomic E-state index is 11.8. The van der Waals surface area contributed by atoms with Gasteiger partial charge in [-0.25, -0.2) is 13.2 Å².